The lowest BCUT2D eigenvalue weighted by Gasteiger charge is -1.90. The molecule has 1 aliphatic carbocycles. The lowest BCUT2D eigenvalue weighted by molar-refractivity contribution is -0.121. The van der Waals surface area contributed by atoms with Crippen LogP contribution in [0.25, 0.3) is 0 Å². The number of furan rings is 1. The Balaban J connectivity index is 1.93. The van der Waals surface area contributed by atoms with Crippen LogP contribution in [0.3, 0.4) is 0 Å². The Morgan fingerprint density at radius 1 is 0.923 bits per heavy atom. The van der Waals surface area contributed by atoms with Gasteiger partial charge in [0.05, 0.1) is 12.5 Å². The van der Waals surface area contributed by atoms with Gasteiger partial charge < -0.3 is 13.9 Å². The van der Waals surface area contributed by atoms with Crippen LogP contribution in [0.4, 0.5) is 0 Å². The third-order valence-electron chi connectivity index (χ3n) is 2.88. The molecule has 3 aliphatic rings. The van der Waals surface area contributed by atoms with E-state index in [9.17, 15) is 4.79 Å². The number of carbonyl (C=O) groups excluding carboxylic acids is 1. The summed E-state index contributed by atoms with van der Waals surface area (Å²) in [4.78, 5) is 11.5. The second kappa shape index (κ2) is 1.71. The molecular formula is C9H6O4. The van der Waals surface area contributed by atoms with Crippen LogP contribution in [-0.4, -0.2) is 18.0 Å². The Hall–Kier alpha value is -1.13. The van der Waals surface area contributed by atoms with E-state index in [4.69, 9.17) is 13.9 Å². The minimum absolute atomic E-state index is 0.0577. The molecule has 0 N–H and O–H groups in total. The molecule has 66 valence electrons. The predicted molar refractivity (Wildman–Crippen MR) is 38.9 cm³/mol. The van der Waals surface area contributed by atoms with Crippen LogP contribution in [0.15, 0.2) is 16.9 Å². The first-order valence-electron chi connectivity index (χ1n) is 4.27. The van der Waals surface area contributed by atoms with Crippen LogP contribution in [0.5, 0.6) is 0 Å². The predicted octanol–water partition coefficient (Wildman–Crippen LogP) is 0.742. The van der Waals surface area contributed by atoms with Crippen LogP contribution in [0.1, 0.15) is 23.3 Å². The average Bonchev–Trinajstić information content (AvgIpc) is 3.02. The molecule has 0 bridgehead atoms. The van der Waals surface area contributed by atoms with Crippen molar-refractivity contribution in [1.82, 2.24) is 0 Å². The second-order valence-electron chi connectivity index (χ2n) is 3.64. The van der Waals surface area contributed by atoms with Gasteiger partial charge in [0.25, 0.3) is 0 Å². The van der Waals surface area contributed by atoms with Crippen molar-refractivity contribution >= 4 is 5.78 Å². The molecule has 4 nitrogen and oxygen atoms in total. The Bertz CT molecular complexity index is 373. The van der Waals surface area contributed by atoms with E-state index in [-0.39, 0.29) is 30.2 Å². The number of ether oxygens (including phenoxy) is 2. The van der Waals surface area contributed by atoms with Gasteiger partial charge in [-0.2, -0.15) is 0 Å². The maximum atomic E-state index is 11.5. The van der Waals surface area contributed by atoms with Crippen molar-refractivity contribution in [3.63, 3.8) is 0 Å². The molecule has 0 spiro atoms. The van der Waals surface area contributed by atoms with Crippen LogP contribution in [0.2, 0.25) is 0 Å². The van der Waals surface area contributed by atoms with E-state index >= 15 is 0 Å². The van der Waals surface area contributed by atoms with Crippen molar-refractivity contribution in [2.75, 3.05) is 0 Å². The number of carbonyl (C=O) groups is 1. The highest BCUT2D eigenvalue weighted by Crippen LogP contribution is 2.54. The fourth-order valence-electron chi connectivity index (χ4n) is 2.07. The molecule has 0 aromatic carbocycles. The molecule has 4 atom stereocenters. The molecule has 13 heavy (non-hydrogen) atoms. The highest BCUT2D eigenvalue weighted by Gasteiger charge is 2.61. The van der Waals surface area contributed by atoms with Gasteiger partial charge in [0, 0.05) is 11.1 Å². The lowest BCUT2D eigenvalue weighted by Crippen LogP contribution is -2.13. The van der Waals surface area contributed by atoms with Gasteiger partial charge in [-0.25, -0.2) is 0 Å². The summed E-state index contributed by atoms with van der Waals surface area (Å²) >= 11 is 0. The van der Waals surface area contributed by atoms with Crippen molar-refractivity contribution in [2.45, 2.75) is 24.4 Å². The Morgan fingerprint density at radius 2 is 1.46 bits per heavy atom. The van der Waals surface area contributed by atoms with Crippen molar-refractivity contribution in [3.8, 4) is 0 Å². The summed E-state index contributed by atoms with van der Waals surface area (Å²) < 4.78 is 15.6. The number of Topliss-reactive ketones (excluding diaryl/α,β-unsaturated/α-hetero) is 1. The smallest absolute Gasteiger partial charge is 0.196 e. The largest absolute Gasteiger partial charge is 0.472 e. The number of rotatable bonds is 0. The Labute approximate surface area is 73.4 Å². The summed E-state index contributed by atoms with van der Waals surface area (Å²) in [5.74, 6) is 0.0891. The fourth-order valence-corrected chi connectivity index (χ4v) is 2.07. The summed E-state index contributed by atoms with van der Waals surface area (Å²) in [6.45, 7) is 0. The Kier molecular flexibility index (Phi) is 0.835. The van der Waals surface area contributed by atoms with Crippen LogP contribution in [-0.2, 0) is 14.3 Å². The molecule has 1 aromatic heterocycles. The van der Waals surface area contributed by atoms with Gasteiger partial charge in [-0.15, -0.1) is 0 Å². The molecule has 2 saturated heterocycles. The normalized spacial score (nSPS) is 44.5. The lowest BCUT2D eigenvalue weighted by atomic mass is 10.1. The van der Waals surface area contributed by atoms with E-state index < -0.39 is 0 Å². The van der Waals surface area contributed by atoms with Crippen LogP contribution < -0.4 is 0 Å². The summed E-state index contributed by atoms with van der Waals surface area (Å²) in [6.07, 6.45) is 2.65. The van der Waals surface area contributed by atoms with E-state index in [2.05, 4.69) is 0 Å². The molecule has 1 aromatic rings. The van der Waals surface area contributed by atoms with Crippen LogP contribution >= 0.6 is 0 Å². The monoisotopic (exact) mass is 178 g/mol. The molecule has 0 amide bonds. The number of fused-ring (bicyclic) bond motifs is 5. The Morgan fingerprint density at radius 3 is 2.00 bits per heavy atom. The average molecular weight is 178 g/mol. The highest BCUT2D eigenvalue weighted by molar-refractivity contribution is 5.93. The van der Waals surface area contributed by atoms with Gasteiger partial charge in [0.2, 0.25) is 0 Å². The molecular weight excluding hydrogens is 172 g/mol. The first-order chi connectivity index (χ1) is 6.36. The topological polar surface area (TPSA) is 55.3 Å². The zero-order valence-electron chi connectivity index (χ0n) is 6.60. The van der Waals surface area contributed by atoms with Gasteiger partial charge in [0.1, 0.15) is 24.4 Å². The van der Waals surface area contributed by atoms with Gasteiger partial charge in [0.15, 0.2) is 5.78 Å². The number of epoxide rings is 2. The van der Waals surface area contributed by atoms with Crippen molar-refractivity contribution in [1.29, 1.82) is 0 Å². The minimum atomic E-state index is -0.270. The maximum absolute atomic E-state index is 11.5. The summed E-state index contributed by atoms with van der Waals surface area (Å²) in [5.41, 5.74) is 1.98. The third-order valence-corrected chi connectivity index (χ3v) is 2.88. The molecule has 2 aliphatic heterocycles. The first-order valence-corrected chi connectivity index (χ1v) is 4.27. The first kappa shape index (κ1) is 6.34. The number of hydrogen-bond acceptors (Lipinski definition) is 4. The fraction of sp³-hybridized carbons (Fsp3) is 0.444. The van der Waals surface area contributed by atoms with Crippen molar-refractivity contribution < 1.29 is 18.7 Å². The van der Waals surface area contributed by atoms with Gasteiger partial charge in [-0.1, -0.05) is 0 Å². The van der Waals surface area contributed by atoms with Crippen molar-refractivity contribution in [3.05, 3.63) is 23.7 Å². The van der Waals surface area contributed by atoms with Gasteiger partial charge in [-0.3, -0.25) is 4.79 Å². The number of hydrogen-bond donors (Lipinski definition) is 0. The molecule has 4 rings (SSSR count). The maximum Gasteiger partial charge on any atom is 0.196 e. The van der Waals surface area contributed by atoms with E-state index in [0.29, 0.717) is 0 Å². The summed E-state index contributed by atoms with van der Waals surface area (Å²) in [5, 5.41) is 0. The second-order valence-corrected chi connectivity index (χ2v) is 3.64. The number of ketones is 1. The standard InChI is InChI=1S/C9H6O4/c10-5-8-6(12-8)3-1-11-2-4(3)7-9(5)13-7/h1-2,6-9H. The molecule has 0 saturated carbocycles. The SMILES string of the molecule is O=C1C2OC2c2cocc2C2OC12. The van der Waals surface area contributed by atoms with Crippen LogP contribution in [0, 0.1) is 0 Å². The molecule has 0 radical (unpaired) electrons. The summed E-state index contributed by atoms with van der Waals surface area (Å²) in [7, 11) is 0. The molecule has 4 unspecified atom stereocenters. The zero-order chi connectivity index (χ0) is 8.58. The quantitative estimate of drug-likeness (QED) is 0.550. The van der Waals surface area contributed by atoms with Gasteiger partial charge in [-0.05, 0) is 0 Å². The van der Waals surface area contributed by atoms with Gasteiger partial charge >= 0.3 is 0 Å². The third kappa shape index (κ3) is 0.629. The van der Waals surface area contributed by atoms with E-state index in [1.54, 1.807) is 12.5 Å². The van der Waals surface area contributed by atoms with Crippen molar-refractivity contribution in [2.24, 2.45) is 0 Å². The van der Waals surface area contributed by atoms with E-state index in [0.717, 1.165) is 11.1 Å². The van der Waals surface area contributed by atoms with E-state index in [1.165, 1.54) is 0 Å². The zero-order valence-corrected chi connectivity index (χ0v) is 6.60. The molecule has 4 heteroatoms. The molecule has 2 fully saturated rings. The summed E-state index contributed by atoms with van der Waals surface area (Å²) in [6, 6.07) is 0. The highest BCUT2D eigenvalue weighted by atomic mass is 16.6. The molecule has 3 heterocycles. The minimum Gasteiger partial charge on any atom is -0.472 e. The van der Waals surface area contributed by atoms with E-state index in [1.807, 2.05) is 0 Å².